The maximum atomic E-state index is 11.5. The van der Waals surface area contributed by atoms with Crippen LogP contribution < -0.4 is 10.6 Å². The van der Waals surface area contributed by atoms with Gasteiger partial charge < -0.3 is 15.7 Å². The summed E-state index contributed by atoms with van der Waals surface area (Å²) in [5.74, 6) is 0.373. The predicted molar refractivity (Wildman–Crippen MR) is 71.9 cm³/mol. The Labute approximate surface area is 112 Å². The van der Waals surface area contributed by atoms with Crippen LogP contribution in [0.2, 0.25) is 0 Å². The van der Waals surface area contributed by atoms with Gasteiger partial charge in [0.15, 0.2) is 5.69 Å². The molecule has 2 atom stereocenters. The number of aliphatic hydroxyl groups is 1. The fourth-order valence-electron chi connectivity index (χ4n) is 2.25. The van der Waals surface area contributed by atoms with Crippen LogP contribution in [0.25, 0.3) is 0 Å². The summed E-state index contributed by atoms with van der Waals surface area (Å²) < 4.78 is 0. The highest BCUT2D eigenvalue weighted by Gasteiger charge is 2.23. The second-order valence-electron chi connectivity index (χ2n) is 4.77. The van der Waals surface area contributed by atoms with Crippen molar-refractivity contribution < 1.29 is 9.90 Å². The third kappa shape index (κ3) is 3.64. The molecule has 2 rings (SSSR count). The summed E-state index contributed by atoms with van der Waals surface area (Å²) in [5, 5.41) is 23.6. The van der Waals surface area contributed by atoms with Crippen LogP contribution in [0.15, 0.2) is 12.1 Å². The molecule has 104 valence electrons. The smallest absolute Gasteiger partial charge is 0.271 e. The number of hydrogen-bond acceptors (Lipinski definition) is 5. The highest BCUT2D eigenvalue weighted by molar-refractivity contribution is 5.92. The number of amides is 1. The number of nitrogens with one attached hydrogen (secondary N) is 2. The van der Waals surface area contributed by atoms with Crippen LogP contribution in [0.3, 0.4) is 0 Å². The number of rotatable bonds is 4. The van der Waals surface area contributed by atoms with E-state index in [1.54, 1.807) is 12.1 Å². The van der Waals surface area contributed by atoms with E-state index in [1.165, 1.54) is 0 Å². The fraction of sp³-hybridized carbons (Fsp3) is 0.615. The van der Waals surface area contributed by atoms with E-state index in [4.69, 9.17) is 0 Å². The van der Waals surface area contributed by atoms with Gasteiger partial charge in [0.1, 0.15) is 5.82 Å². The van der Waals surface area contributed by atoms with Crippen molar-refractivity contribution in [1.82, 2.24) is 15.5 Å². The molecule has 1 saturated carbocycles. The first-order chi connectivity index (χ1) is 9.20. The first-order valence-electron chi connectivity index (χ1n) is 6.77. The Morgan fingerprint density at radius 2 is 2.16 bits per heavy atom. The average molecular weight is 264 g/mol. The Hall–Kier alpha value is -1.69. The van der Waals surface area contributed by atoms with Gasteiger partial charge in [0, 0.05) is 6.54 Å². The molecule has 1 aliphatic carbocycles. The predicted octanol–water partition coefficient (Wildman–Crippen LogP) is 0.942. The molecule has 1 aromatic heterocycles. The van der Waals surface area contributed by atoms with Gasteiger partial charge in [-0.15, -0.1) is 10.2 Å². The number of nitrogens with zero attached hydrogens (tertiary/aromatic N) is 2. The van der Waals surface area contributed by atoms with Crippen molar-refractivity contribution >= 4 is 11.7 Å². The zero-order chi connectivity index (χ0) is 13.7. The largest absolute Gasteiger partial charge is 0.391 e. The van der Waals surface area contributed by atoms with E-state index in [2.05, 4.69) is 20.8 Å². The van der Waals surface area contributed by atoms with Gasteiger partial charge in [-0.2, -0.15) is 0 Å². The van der Waals surface area contributed by atoms with Crippen molar-refractivity contribution in [3.05, 3.63) is 17.8 Å². The molecule has 1 aliphatic rings. The van der Waals surface area contributed by atoms with Crippen LogP contribution in [0.4, 0.5) is 5.82 Å². The molecule has 1 fully saturated rings. The average Bonchev–Trinajstić information content (AvgIpc) is 2.42. The lowest BCUT2D eigenvalue weighted by Gasteiger charge is -2.28. The van der Waals surface area contributed by atoms with Crippen molar-refractivity contribution in [2.24, 2.45) is 0 Å². The topological polar surface area (TPSA) is 87.1 Å². The number of hydrogen-bond donors (Lipinski definition) is 3. The van der Waals surface area contributed by atoms with Crippen LogP contribution in [0, 0.1) is 0 Å². The number of aromatic nitrogens is 2. The highest BCUT2D eigenvalue weighted by atomic mass is 16.3. The minimum absolute atomic E-state index is 0.0263. The van der Waals surface area contributed by atoms with Crippen LogP contribution >= 0.6 is 0 Å². The monoisotopic (exact) mass is 264 g/mol. The van der Waals surface area contributed by atoms with Gasteiger partial charge in [-0.1, -0.05) is 12.8 Å². The Morgan fingerprint density at radius 1 is 1.37 bits per heavy atom. The van der Waals surface area contributed by atoms with Crippen molar-refractivity contribution in [2.45, 2.75) is 44.8 Å². The van der Waals surface area contributed by atoms with Gasteiger partial charge in [-0.25, -0.2) is 0 Å². The Balaban J connectivity index is 1.96. The quantitative estimate of drug-likeness (QED) is 0.753. The van der Waals surface area contributed by atoms with Crippen LogP contribution in [-0.4, -0.2) is 39.9 Å². The molecule has 0 aliphatic heterocycles. The molecule has 1 heterocycles. The molecule has 1 aromatic rings. The van der Waals surface area contributed by atoms with E-state index >= 15 is 0 Å². The maximum absolute atomic E-state index is 11.5. The van der Waals surface area contributed by atoms with Crippen molar-refractivity contribution in [2.75, 3.05) is 11.9 Å². The van der Waals surface area contributed by atoms with E-state index in [0.29, 0.717) is 18.1 Å². The van der Waals surface area contributed by atoms with Crippen LogP contribution in [-0.2, 0) is 0 Å². The minimum atomic E-state index is -0.335. The number of aliphatic hydroxyl groups excluding tert-OH is 1. The fourth-order valence-corrected chi connectivity index (χ4v) is 2.25. The zero-order valence-electron chi connectivity index (χ0n) is 11.1. The molecule has 0 spiro atoms. The lowest BCUT2D eigenvalue weighted by atomic mass is 9.93. The van der Waals surface area contributed by atoms with Gasteiger partial charge in [0.25, 0.3) is 5.91 Å². The van der Waals surface area contributed by atoms with Crippen molar-refractivity contribution in [1.29, 1.82) is 0 Å². The summed E-state index contributed by atoms with van der Waals surface area (Å²) in [6.45, 7) is 2.42. The van der Waals surface area contributed by atoms with E-state index in [9.17, 15) is 9.90 Å². The van der Waals surface area contributed by atoms with Crippen LogP contribution in [0.1, 0.15) is 43.1 Å². The molecule has 0 aromatic carbocycles. The molecular weight excluding hydrogens is 244 g/mol. The molecule has 6 nitrogen and oxygen atoms in total. The SMILES string of the molecule is CCNC(=O)c1ccc(NC2CCCCC2O)nn1. The van der Waals surface area contributed by atoms with Gasteiger partial charge in [0.05, 0.1) is 12.1 Å². The van der Waals surface area contributed by atoms with Gasteiger partial charge in [-0.05, 0) is 31.9 Å². The molecule has 3 N–H and O–H groups in total. The molecule has 6 heteroatoms. The van der Waals surface area contributed by atoms with E-state index < -0.39 is 0 Å². The summed E-state index contributed by atoms with van der Waals surface area (Å²) in [4.78, 5) is 11.5. The Bertz CT molecular complexity index is 421. The lowest BCUT2D eigenvalue weighted by molar-refractivity contribution is 0.0949. The third-order valence-electron chi connectivity index (χ3n) is 3.30. The summed E-state index contributed by atoms with van der Waals surface area (Å²) in [7, 11) is 0. The zero-order valence-corrected chi connectivity index (χ0v) is 11.1. The number of anilines is 1. The Morgan fingerprint density at radius 3 is 2.79 bits per heavy atom. The molecule has 0 radical (unpaired) electrons. The summed E-state index contributed by atoms with van der Waals surface area (Å²) in [6.07, 6.45) is 3.60. The minimum Gasteiger partial charge on any atom is -0.391 e. The molecule has 2 unspecified atom stereocenters. The first-order valence-corrected chi connectivity index (χ1v) is 6.77. The normalized spacial score (nSPS) is 22.8. The molecule has 0 saturated heterocycles. The summed E-state index contributed by atoms with van der Waals surface area (Å²) in [6, 6.07) is 3.38. The molecule has 19 heavy (non-hydrogen) atoms. The molecular formula is C13H20N4O2. The van der Waals surface area contributed by atoms with Crippen LogP contribution in [0.5, 0.6) is 0 Å². The second kappa shape index (κ2) is 6.47. The van der Waals surface area contributed by atoms with E-state index in [1.807, 2.05) is 6.92 Å². The second-order valence-corrected chi connectivity index (χ2v) is 4.77. The maximum Gasteiger partial charge on any atom is 0.271 e. The summed E-state index contributed by atoms with van der Waals surface area (Å²) >= 11 is 0. The lowest BCUT2D eigenvalue weighted by Crippen LogP contribution is -2.36. The van der Waals surface area contributed by atoms with Crippen molar-refractivity contribution in [3.63, 3.8) is 0 Å². The first kappa shape index (κ1) is 13.7. The third-order valence-corrected chi connectivity index (χ3v) is 3.30. The molecule has 0 bridgehead atoms. The molecule has 1 amide bonds. The van der Waals surface area contributed by atoms with Gasteiger partial charge in [0.2, 0.25) is 0 Å². The van der Waals surface area contributed by atoms with E-state index in [-0.39, 0.29) is 18.1 Å². The summed E-state index contributed by atoms with van der Waals surface area (Å²) in [5.41, 5.74) is 0.302. The standard InChI is InChI=1S/C13H20N4O2/c1-2-14-13(19)10-7-8-12(17-16-10)15-9-5-3-4-6-11(9)18/h7-9,11,18H,2-6H2,1H3,(H,14,19)(H,15,17). The number of carbonyl (C=O) groups excluding carboxylic acids is 1. The van der Waals surface area contributed by atoms with Crippen molar-refractivity contribution in [3.8, 4) is 0 Å². The highest BCUT2D eigenvalue weighted by Crippen LogP contribution is 2.21. The van der Waals surface area contributed by atoms with E-state index in [0.717, 1.165) is 25.7 Å². The number of carbonyl (C=O) groups is 1. The van der Waals surface area contributed by atoms with Gasteiger partial charge >= 0.3 is 0 Å². The van der Waals surface area contributed by atoms with Gasteiger partial charge in [-0.3, -0.25) is 4.79 Å². The Kier molecular flexibility index (Phi) is 4.68.